The van der Waals surface area contributed by atoms with Gasteiger partial charge in [-0.3, -0.25) is 20.2 Å². The average Bonchev–Trinajstić information content (AvgIpc) is 2.73. The summed E-state index contributed by atoms with van der Waals surface area (Å²) in [6, 6.07) is 1.22. The Kier molecular flexibility index (Phi) is 3.67. The third-order valence-electron chi connectivity index (χ3n) is 2.05. The van der Waals surface area contributed by atoms with Gasteiger partial charge in [-0.1, -0.05) is 11.6 Å². The number of halogens is 1. The van der Waals surface area contributed by atoms with Crippen LogP contribution in [0, 0.1) is 17.0 Å². The first-order valence-corrected chi connectivity index (χ1v) is 6.04. The number of rotatable bonds is 3. The first-order valence-electron chi connectivity index (χ1n) is 4.89. The van der Waals surface area contributed by atoms with Crippen molar-refractivity contribution in [3.8, 4) is 0 Å². The fourth-order valence-corrected chi connectivity index (χ4v) is 2.10. The van der Waals surface area contributed by atoms with Crippen molar-refractivity contribution in [1.82, 2.24) is 14.3 Å². The Morgan fingerprint density at radius 2 is 2.32 bits per heavy atom. The summed E-state index contributed by atoms with van der Waals surface area (Å²) in [5, 5.41) is 13.2. The minimum atomic E-state index is -0.754. The molecule has 0 aromatic carbocycles. The van der Waals surface area contributed by atoms with Gasteiger partial charge in [0.05, 0.1) is 4.92 Å². The predicted octanol–water partition coefficient (Wildman–Crippen LogP) is 2.06. The van der Waals surface area contributed by atoms with Gasteiger partial charge in [-0.2, -0.15) is 4.37 Å². The fourth-order valence-electron chi connectivity index (χ4n) is 1.30. The highest BCUT2D eigenvalue weighted by Gasteiger charge is 2.25. The smallest absolute Gasteiger partial charge is 0.296 e. The largest absolute Gasteiger partial charge is 0.319 e. The standard InChI is InChI=1S/C9H6ClN5O3S/c1-4-12-9(19-14-4)13-8(16)5-2-3-11-7(10)6(5)15(17)18/h2-3H,1H3,(H,12,13,14,16). The molecule has 2 aromatic rings. The molecular weight excluding hydrogens is 294 g/mol. The Morgan fingerprint density at radius 1 is 1.58 bits per heavy atom. The molecule has 0 unspecified atom stereocenters. The van der Waals surface area contributed by atoms with E-state index in [0.29, 0.717) is 5.82 Å². The Labute approximate surface area is 115 Å². The SMILES string of the molecule is Cc1nsc(NC(=O)c2ccnc(Cl)c2[N+](=O)[O-])n1. The first-order chi connectivity index (χ1) is 8.99. The highest BCUT2D eigenvalue weighted by molar-refractivity contribution is 7.09. The van der Waals surface area contributed by atoms with Crippen LogP contribution in [0.5, 0.6) is 0 Å². The maximum absolute atomic E-state index is 11.9. The van der Waals surface area contributed by atoms with Crippen molar-refractivity contribution in [2.45, 2.75) is 6.92 Å². The molecule has 0 saturated carbocycles. The van der Waals surface area contributed by atoms with Crippen LogP contribution in [-0.2, 0) is 0 Å². The molecule has 8 nitrogen and oxygen atoms in total. The van der Waals surface area contributed by atoms with Crippen molar-refractivity contribution in [3.63, 3.8) is 0 Å². The molecular formula is C9H6ClN5O3S. The van der Waals surface area contributed by atoms with Gasteiger partial charge in [0.15, 0.2) is 0 Å². The number of anilines is 1. The first kappa shape index (κ1) is 13.3. The van der Waals surface area contributed by atoms with Crippen LogP contribution in [0.4, 0.5) is 10.8 Å². The van der Waals surface area contributed by atoms with Gasteiger partial charge >= 0.3 is 5.69 Å². The van der Waals surface area contributed by atoms with Crippen LogP contribution in [0.15, 0.2) is 12.3 Å². The molecule has 0 aliphatic rings. The van der Waals surface area contributed by atoms with Gasteiger partial charge < -0.3 is 0 Å². The zero-order valence-corrected chi connectivity index (χ0v) is 11.0. The van der Waals surface area contributed by atoms with E-state index in [1.165, 1.54) is 12.3 Å². The molecule has 19 heavy (non-hydrogen) atoms. The Hall–Kier alpha value is -2.13. The minimum absolute atomic E-state index is 0.183. The second kappa shape index (κ2) is 5.24. The predicted molar refractivity (Wildman–Crippen MR) is 68.5 cm³/mol. The maximum atomic E-state index is 11.9. The van der Waals surface area contributed by atoms with Gasteiger partial charge in [-0.15, -0.1) is 0 Å². The number of nitrogens with one attached hydrogen (secondary N) is 1. The Bertz CT molecular complexity index is 659. The number of carbonyl (C=O) groups is 1. The van der Waals surface area contributed by atoms with Crippen molar-refractivity contribution < 1.29 is 9.72 Å². The second-order valence-electron chi connectivity index (χ2n) is 3.36. The zero-order chi connectivity index (χ0) is 14.0. The average molecular weight is 300 g/mol. The van der Waals surface area contributed by atoms with Crippen LogP contribution >= 0.6 is 23.1 Å². The van der Waals surface area contributed by atoms with Crippen LogP contribution < -0.4 is 5.32 Å². The number of hydrogen-bond acceptors (Lipinski definition) is 7. The molecule has 10 heteroatoms. The van der Waals surface area contributed by atoms with E-state index in [1.54, 1.807) is 6.92 Å². The van der Waals surface area contributed by atoms with Gasteiger partial charge in [0.2, 0.25) is 10.3 Å². The summed E-state index contributed by atoms with van der Waals surface area (Å²) < 4.78 is 3.88. The van der Waals surface area contributed by atoms with Crippen molar-refractivity contribution >= 4 is 39.9 Å². The number of hydrogen-bond donors (Lipinski definition) is 1. The van der Waals surface area contributed by atoms with E-state index in [-0.39, 0.29) is 15.8 Å². The van der Waals surface area contributed by atoms with Gasteiger partial charge in [0, 0.05) is 17.7 Å². The summed E-state index contributed by atoms with van der Waals surface area (Å²) in [6.07, 6.45) is 1.22. The molecule has 0 radical (unpaired) electrons. The highest BCUT2D eigenvalue weighted by atomic mass is 35.5. The quantitative estimate of drug-likeness (QED) is 0.527. The molecule has 0 aliphatic heterocycles. The van der Waals surface area contributed by atoms with Crippen molar-refractivity contribution in [1.29, 1.82) is 0 Å². The van der Waals surface area contributed by atoms with Crippen LogP contribution in [0.1, 0.15) is 16.2 Å². The lowest BCUT2D eigenvalue weighted by molar-refractivity contribution is -0.385. The molecule has 98 valence electrons. The summed E-state index contributed by atoms with van der Waals surface area (Å²) in [4.78, 5) is 29.6. The summed E-state index contributed by atoms with van der Waals surface area (Å²) in [5.41, 5.74) is -0.722. The van der Waals surface area contributed by atoms with Crippen LogP contribution in [0.25, 0.3) is 0 Å². The summed E-state index contributed by atoms with van der Waals surface area (Å²) >= 11 is 6.60. The molecule has 2 heterocycles. The van der Waals surface area contributed by atoms with Crippen LogP contribution in [0.3, 0.4) is 0 Å². The third kappa shape index (κ3) is 2.83. The van der Waals surface area contributed by atoms with Gasteiger partial charge in [-0.25, -0.2) is 9.97 Å². The topological polar surface area (TPSA) is 111 Å². The summed E-state index contributed by atoms with van der Waals surface area (Å²) in [7, 11) is 0. The van der Waals surface area contributed by atoms with Gasteiger partial charge in [0.1, 0.15) is 11.4 Å². The molecule has 0 aliphatic carbocycles. The van der Waals surface area contributed by atoms with Crippen LogP contribution in [0.2, 0.25) is 5.15 Å². The number of carbonyl (C=O) groups excluding carboxylic acids is 1. The monoisotopic (exact) mass is 299 g/mol. The second-order valence-corrected chi connectivity index (χ2v) is 4.47. The molecule has 0 saturated heterocycles. The number of aryl methyl sites for hydroxylation is 1. The molecule has 0 bridgehead atoms. The fraction of sp³-hybridized carbons (Fsp3) is 0.111. The Morgan fingerprint density at radius 3 is 2.89 bits per heavy atom. The van der Waals surface area contributed by atoms with E-state index in [0.717, 1.165) is 11.5 Å². The summed E-state index contributed by atoms with van der Waals surface area (Å²) in [6.45, 7) is 1.66. The zero-order valence-electron chi connectivity index (χ0n) is 9.45. The Balaban J connectivity index is 2.34. The van der Waals surface area contributed by atoms with E-state index in [4.69, 9.17) is 11.6 Å². The number of pyridine rings is 1. The lowest BCUT2D eigenvalue weighted by Gasteiger charge is -2.03. The number of nitrogens with zero attached hydrogens (tertiary/aromatic N) is 4. The minimum Gasteiger partial charge on any atom is -0.296 e. The number of amides is 1. The molecule has 0 spiro atoms. The van der Waals surface area contributed by atoms with E-state index >= 15 is 0 Å². The normalized spacial score (nSPS) is 10.2. The molecule has 1 N–H and O–H groups in total. The lowest BCUT2D eigenvalue weighted by Crippen LogP contribution is -2.14. The molecule has 1 amide bonds. The van der Waals surface area contributed by atoms with E-state index < -0.39 is 16.5 Å². The number of aromatic nitrogens is 3. The van der Waals surface area contributed by atoms with Crippen molar-refractivity contribution in [2.75, 3.05) is 5.32 Å². The van der Waals surface area contributed by atoms with E-state index in [9.17, 15) is 14.9 Å². The molecule has 2 rings (SSSR count). The van der Waals surface area contributed by atoms with E-state index in [2.05, 4.69) is 19.7 Å². The van der Waals surface area contributed by atoms with Gasteiger partial charge in [0.25, 0.3) is 5.91 Å². The van der Waals surface area contributed by atoms with E-state index in [1.807, 2.05) is 0 Å². The molecule has 2 aromatic heterocycles. The van der Waals surface area contributed by atoms with Crippen molar-refractivity contribution in [3.05, 3.63) is 38.9 Å². The van der Waals surface area contributed by atoms with Crippen LogP contribution in [-0.4, -0.2) is 25.2 Å². The molecule has 0 atom stereocenters. The summed E-state index contributed by atoms with van der Waals surface area (Å²) in [5.74, 6) is -0.185. The third-order valence-corrected chi connectivity index (χ3v) is 3.05. The highest BCUT2D eigenvalue weighted by Crippen LogP contribution is 2.26. The molecule has 0 fully saturated rings. The lowest BCUT2D eigenvalue weighted by atomic mass is 10.2. The number of nitro groups is 1. The van der Waals surface area contributed by atoms with Gasteiger partial charge in [-0.05, 0) is 13.0 Å². The maximum Gasteiger partial charge on any atom is 0.319 e. The van der Waals surface area contributed by atoms with Crippen molar-refractivity contribution in [2.24, 2.45) is 0 Å².